The summed E-state index contributed by atoms with van der Waals surface area (Å²) in [6.45, 7) is 4.54. The molecule has 0 spiro atoms. The lowest BCUT2D eigenvalue weighted by molar-refractivity contribution is 0.155. The monoisotopic (exact) mass is 383 g/mol. The van der Waals surface area contributed by atoms with Crippen LogP contribution in [0.2, 0.25) is 0 Å². The average molecular weight is 384 g/mol. The smallest absolute Gasteiger partial charge is 0.244 e. The number of pyridine rings is 1. The molecule has 1 unspecified atom stereocenters. The second kappa shape index (κ2) is 6.64. The highest BCUT2D eigenvalue weighted by molar-refractivity contribution is 7.90. The van der Waals surface area contributed by atoms with Gasteiger partial charge >= 0.3 is 0 Å². The Hall–Kier alpha value is -0.740. The molecule has 1 aromatic rings. The summed E-state index contributed by atoms with van der Waals surface area (Å²) < 4.78 is 49.4. The number of aromatic nitrogens is 1. The van der Waals surface area contributed by atoms with Crippen molar-refractivity contribution in [2.45, 2.75) is 36.2 Å². The molecule has 0 saturated carbocycles. The first-order valence-corrected chi connectivity index (χ1v) is 10.2. The molecule has 1 saturated heterocycles. The van der Waals surface area contributed by atoms with Gasteiger partial charge in [0.1, 0.15) is 4.90 Å². The zero-order valence-electron chi connectivity index (χ0n) is 13.3. The second-order valence-electron chi connectivity index (χ2n) is 6.33. The first kappa shape index (κ1) is 20.3. The molecule has 0 radical (unpaired) electrons. The molecule has 2 N–H and O–H groups in total. The first-order chi connectivity index (χ1) is 9.94. The molecule has 2 rings (SSSR count). The van der Waals surface area contributed by atoms with Crippen LogP contribution in [0, 0.1) is 5.41 Å². The molecule has 1 fully saturated rings. The Morgan fingerprint density at radius 1 is 1.26 bits per heavy atom. The Morgan fingerprint density at radius 2 is 1.87 bits per heavy atom. The second-order valence-corrected chi connectivity index (χ2v) is 10.2. The molecular weight excluding hydrogens is 362 g/mol. The van der Waals surface area contributed by atoms with Crippen LogP contribution in [0.5, 0.6) is 0 Å². The van der Waals surface area contributed by atoms with Gasteiger partial charge in [0.25, 0.3) is 0 Å². The summed E-state index contributed by atoms with van der Waals surface area (Å²) in [6, 6.07) is 2.44. The van der Waals surface area contributed by atoms with E-state index in [0.717, 1.165) is 12.5 Å². The van der Waals surface area contributed by atoms with Crippen molar-refractivity contribution in [3.8, 4) is 0 Å². The van der Waals surface area contributed by atoms with Crippen molar-refractivity contribution in [3.05, 3.63) is 18.3 Å². The number of nitrogens with two attached hydrogens (primary N) is 1. The molecule has 0 bridgehead atoms. The molecule has 1 aromatic heterocycles. The van der Waals surface area contributed by atoms with E-state index in [1.165, 1.54) is 16.4 Å². The molecule has 0 aliphatic carbocycles. The van der Waals surface area contributed by atoms with E-state index >= 15 is 0 Å². The molecule has 23 heavy (non-hydrogen) atoms. The van der Waals surface area contributed by atoms with Gasteiger partial charge in [-0.3, -0.25) is 0 Å². The summed E-state index contributed by atoms with van der Waals surface area (Å²) >= 11 is 0. The first-order valence-electron chi connectivity index (χ1n) is 6.86. The van der Waals surface area contributed by atoms with Crippen molar-refractivity contribution in [2.75, 3.05) is 19.3 Å². The van der Waals surface area contributed by atoms with Gasteiger partial charge in [0.05, 0.1) is 0 Å². The van der Waals surface area contributed by atoms with E-state index in [1.54, 1.807) is 0 Å². The van der Waals surface area contributed by atoms with Crippen molar-refractivity contribution < 1.29 is 16.8 Å². The average Bonchev–Trinajstić information content (AvgIpc) is 2.41. The summed E-state index contributed by atoms with van der Waals surface area (Å²) in [7, 11) is -7.15. The Kier molecular flexibility index (Phi) is 5.86. The summed E-state index contributed by atoms with van der Waals surface area (Å²) in [6.07, 6.45) is 2.70. The lowest BCUT2D eigenvalue weighted by Crippen LogP contribution is -2.53. The quantitative estimate of drug-likeness (QED) is 0.820. The molecule has 1 atom stereocenters. The Morgan fingerprint density at radius 3 is 2.30 bits per heavy atom. The van der Waals surface area contributed by atoms with E-state index in [9.17, 15) is 16.8 Å². The van der Waals surface area contributed by atoms with Gasteiger partial charge in [-0.15, -0.1) is 12.4 Å². The fraction of sp³-hybridized carbons (Fsp3) is 0.615. The van der Waals surface area contributed by atoms with Crippen LogP contribution in [-0.4, -0.2) is 51.5 Å². The minimum atomic E-state index is -3.70. The van der Waals surface area contributed by atoms with E-state index in [4.69, 9.17) is 5.73 Å². The molecule has 7 nitrogen and oxygen atoms in total. The third kappa shape index (κ3) is 4.21. The summed E-state index contributed by atoms with van der Waals surface area (Å²) in [5.74, 6) is 0. The van der Waals surface area contributed by atoms with Gasteiger partial charge in [0.2, 0.25) is 10.0 Å². The largest absolute Gasteiger partial charge is 0.327 e. The maximum Gasteiger partial charge on any atom is 0.244 e. The zero-order chi connectivity index (χ0) is 16.8. The molecule has 1 aliphatic rings. The summed E-state index contributed by atoms with van der Waals surface area (Å²) in [5.41, 5.74) is 5.71. The van der Waals surface area contributed by atoms with Crippen molar-refractivity contribution in [3.63, 3.8) is 0 Å². The van der Waals surface area contributed by atoms with Gasteiger partial charge in [0, 0.05) is 31.6 Å². The van der Waals surface area contributed by atoms with Crippen LogP contribution < -0.4 is 5.73 Å². The van der Waals surface area contributed by atoms with Gasteiger partial charge in [-0.05, 0) is 24.0 Å². The highest BCUT2D eigenvalue weighted by atomic mass is 35.5. The number of nitrogens with zero attached hydrogens (tertiary/aromatic N) is 2. The number of sulfonamides is 1. The Labute approximate surface area is 143 Å². The van der Waals surface area contributed by atoms with E-state index in [0.29, 0.717) is 19.5 Å². The van der Waals surface area contributed by atoms with Crippen molar-refractivity contribution >= 4 is 32.3 Å². The van der Waals surface area contributed by atoms with Crippen LogP contribution in [0.1, 0.15) is 20.3 Å². The molecule has 1 aliphatic heterocycles. The van der Waals surface area contributed by atoms with Crippen LogP contribution >= 0.6 is 12.4 Å². The fourth-order valence-corrected chi connectivity index (χ4v) is 4.55. The van der Waals surface area contributed by atoms with Gasteiger partial charge in [-0.25, -0.2) is 21.8 Å². The third-order valence-electron chi connectivity index (χ3n) is 4.00. The Balaban J connectivity index is 0.00000264. The van der Waals surface area contributed by atoms with Crippen LogP contribution in [0.3, 0.4) is 0 Å². The zero-order valence-corrected chi connectivity index (χ0v) is 15.7. The number of hydrogen-bond donors (Lipinski definition) is 1. The number of hydrogen-bond acceptors (Lipinski definition) is 6. The van der Waals surface area contributed by atoms with Gasteiger partial charge in [-0.2, -0.15) is 4.31 Å². The summed E-state index contributed by atoms with van der Waals surface area (Å²) in [5, 5.41) is -0.146. The van der Waals surface area contributed by atoms with Crippen LogP contribution in [0.15, 0.2) is 28.3 Å². The molecular formula is C13H22ClN3O4S2. The van der Waals surface area contributed by atoms with Gasteiger partial charge in [0.15, 0.2) is 14.9 Å². The number of sulfone groups is 1. The van der Waals surface area contributed by atoms with Crippen molar-refractivity contribution in [1.82, 2.24) is 9.29 Å². The molecule has 0 amide bonds. The van der Waals surface area contributed by atoms with E-state index in [-0.39, 0.29) is 33.8 Å². The van der Waals surface area contributed by atoms with E-state index in [2.05, 4.69) is 4.98 Å². The van der Waals surface area contributed by atoms with Crippen LogP contribution in [0.25, 0.3) is 0 Å². The van der Waals surface area contributed by atoms with Crippen LogP contribution in [0.4, 0.5) is 0 Å². The maximum atomic E-state index is 12.6. The van der Waals surface area contributed by atoms with Gasteiger partial charge in [-0.1, -0.05) is 13.8 Å². The predicted molar refractivity (Wildman–Crippen MR) is 89.7 cm³/mol. The lowest BCUT2D eigenvalue weighted by Gasteiger charge is -2.41. The van der Waals surface area contributed by atoms with E-state index in [1.807, 2.05) is 13.8 Å². The minimum Gasteiger partial charge on any atom is -0.327 e. The maximum absolute atomic E-state index is 12.6. The molecule has 2 heterocycles. The highest BCUT2D eigenvalue weighted by Gasteiger charge is 2.38. The highest BCUT2D eigenvalue weighted by Crippen LogP contribution is 2.31. The number of rotatable bonds is 3. The number of halogens is 1. The van der Waals surface area contributed by atoms with Gasteiger partial charge < -0.3 is 5.73 Å². The molecule has 10 heteroatoms. The molecule has 0 aromatic carbocycles. The lowest BCUT2D eigenvalue weighted by atomic mass is 9.81. The number of piperidine rings is 1. The standard InChI is InChI=1S/C13H21N3O4S2.ClH/c1-13(2)9-16(7-6-11(13)14)22(19,20)10-4-5-12(15-8-10)21(3,17)18;/h4-5,8,11H,6-7,9,14H2,1-3H3;1H. The Bertz CT molecular complexity index is 761. The van der Waals surface area contributed by atoms with Crippen molar-refractivity contribution in [1.29, 1.82) is 0 Å². The minimum absolute atomic E-state index is 0. The van der Waals surface area contributed by atoms with E-state index < -0.39 is 19.9 Å². The fourth-order valence-electron chi connectivity index (χ4n) is 2.42. The van der Waals surface area contributed by atoms with Crippen molar-refractivity contribution in [2.24, 2.45) is 11.1 Å². The molecule has 132 valence electrons. The third-order valence-corrected chi connectivity index (χ3v) is 6.83. The summed E-state index contributed by atoms with van der Waals surface area (Å²) in [4.78, 5) is 3.74. The van der Waals surface area contributed by atoms with Crippen LogP contribution in [-0.2, 0) is 19.9 Å². The SMILES string of the molecule is CC1(C)CN(S(=O)(=O)c2ccc(S(C)(=O)=O)nc2)CCC1N.Cl. The normalized spacial score (nSPS) is 22.3. The predicted octanol–water partition coefficient (Wildman–Crippen LogP) is 0.655. The topological polar surface area (TPSA) is 110 Å².